The number of aliphatic hydroxyl groups excluding tert-OH is 1. The van der Waals surface area contributed by atoms with Crippen LogP contribution in [0.2, 0.25) is 0 Å². The summed E-state index contributed by atoms with van der Waals surface area (Å²) < 4.78 is 0. The van der Waals surface area contributed by atoms with Crippen LogP contribution in [0.4, 0.5) is 0 Å². The number of Topliss-reactive ketones (excluding diaryl/α,β-unsaturated/α-hetero) is 3. The van der Waals surface area contributed by atoms with Crippen molar-refractivity contribution in [3.63, 3.8) is 0 Å². The minimum Gasteiger partial charge on any atom is -0.508 e. The number of carbonyl (C=O) groups is 3. The Morgan fingerprint density at radius 1 is 1.09 bits per heavy atom. The standard InChI is InChI=1S/C24H25NO7/c1-9-6-7-12-10(2)13-8-14-18(25(4)5)21(29)15(11(3)26)22(30)24(14,32)23(31)17(13)20(28)16(12)19(9)27/h6-7,14,18,27-28,30,32H,8H2,1-5H3. The highest BCUT2D eigenvalue weighted by Gasteiger charge is 2.62. The van der Waals surface area contributed by atoms with Crippen molar-refractivity contribution in [2.24, 2.45) is 5.92 Å². The highest BCUT2D eigenvalue weighted by atomic mass is 16.3. The number of aromatic hydroxyl groups is 2. The minimum atomic E-state index is -2.58. The monoisotopic (exact) mass is 439 g/mol. The summed E-state index contributed by atoms with van der Waals surface area (Å²) in [6.45, 7) is 4.46. The molecule has 0 fully saturated rings. The molecule has 0 saturated carbocycles. The highest BCUT2D eigenvalue weighted by molar-refractivity contribution is 6.25. The molecule has 4 N–H and O–H groups in total. The van der Waals surface area contributed by atoms with Gasteiger partial charge in [-0.2, -0.15) is 0 Å². The molecule has 0 radical (unpaired) electrons. The number of nitrogens with zero attached hydrogens (tertiary/aromatic N) is 1. The number of carbonyl (C=O) groups excluding carboxylic acids is 3. The Labute approximate surface area is 184 Å². The number of aryl methyl sites for hydroxylation is 2. The van der Waals surface area contributed by atoms with Gasteiger partial charge in [0.1, 0.15) is 22.8 Å². The molecule has 0 aromatic heterocycles. The Morgan fingerprint density at radius 3 is 2.28 bits per heavy atom. The predicted molar refractivity (Wildman–Crippen MR) is 116 cm³/mol. The van der Waals surface area contributed by atoms with E-state index in [0.717, 1.165) is 6.92 Å². The van der Waals surface area contributed by atoms with Crippen LogP contribution in [-0.4, -0.2) is 68.4 Å². The zero-order valence-electron chi connectivity index (χ0n) is 18.5. The van der Waals surface area contributed by atoms with Gasteiger partial charge >= 0.3 is 0 Å². The first kappa shape index (κ1) is 22.0. The number of phenolic OH excluding ortho intramolecular Hbond substituents is 2. The summed E-state index contributed by atoms with van der Waals surface area (Å²) in [5, 5.41) is 44.7. The topological polar surface area (TPSA) is 135 Å². The smallest absolute Gasteiger partial charge is 0.206 e. The van der Waals surface area contributed by atoms with Crippen LogP contribution in [-0.2, 0) is 16.0 Å². The Morgan fingerprint density at radius 2 is 1.72 bits per heavy atom. The molecule has 2 aliphatic carbocycles. The summed E-state index contributed by atoms with van der Waals surface area (Å²) in [6, 6.07) is 2.37. The summed E-state index contributed by atoms with van der Waals surface area (Å²) in [7, 11) is 3.18. The molecule has 8 heteroatoms. The average Bonchev–Trinajstić information content (AvgIpc) is 2.70. The number of benzene rings is 2. The lowest BCUT2D eigenvalue weighted by Crippen LogP contribution is -2.64. The van der Waals surface area contributed by atoms with Crippen LogP contribution in [0, 0.1) is 19.8 Å². The van der Waals surface area contributed by atoms with Gasteiger partial charge in [0, 0.05) is 5.92 Å². The SMILES string of the molecule is CC(=O)C1=C(O)C2(O)C(=O)c3c(c(C)c4ccc(C)c(O)c4c3O)CC2C(N(C)C)C1=O. The molecule has 0 saturated heterocycles. The van der Waals surface area contributed by atoms with E-state index in [-0.39, 0.29) is 23.1 Å². The quantitative estimate of drug-likeness (QED) is 0.521. The largest absolute Gasteiger partial charge is 0.508 e. The van der Waals surface area contributed by atoms with Crippen molar-refractivity contribution in [1.82, 2.24) is 4.90 Å². The van der Waals surface area contributed by atoms with Crippen molar-refractivity contribution >= 4 is 28.1 Å². The van der Waals surface area contributed by atoms with E-state index in [0.29, 0.717) is 22.1 Å². The number of fused-ring (bicyclic) bond motifs is 3. The van der Waals surface area contributed by atoms with Crippen LogP contribution < -0.4 is 0 Å². The summed E-state index contributed by atoms with van der Waals surface area (Å²) >= 11 is 0. The van der Waals surface area contributed by atoms with Crippen molar-refractivity contribution in [2.45, 2.75) is 38.8 Å². The average molecular weight is 439 g/mol. The summed E-state index contributed by atoms with van der Waals surface area (Å²) in [5.74, 6) is -5.21. The Bertz CT molecular complexity index is 1270. The van der Waals surface area contributed by atoms with Crippen molar-refractivity contribution in [3.8, 4) is 11.5 Å². The van der Waals surface area contributed by atoms with Gasteiger partial charge in [0.25, 0.3) is 0 Å². The molecule has 2 aromatic carbocycles. The third kappa shape index (κ3) is 2.53. The van der Waals surface area contributed by atoms with Crippen LogP contribution >= 0.6 is 0 Å². The lowest BCUT2D eigenvalue weighted by molar-refractivity contribution is -0.131. The number of hydrogen-bond acceptors (Lipinski definition) is 8. The highest BCUT2D eigenvalue weighted by Crippen LogP contribution is 2.51. The third-order valence-electron chi connectivity index (χ3n) is 6.95. The van der Waals surface area contributed by atoms with Crippen LogP contribution in [0.25, 0.3) is 10.8 Å². The van der Waals surface area contributed by atoms with Gasteiger partial charge in [0.05, 0.1) is 17.0 Å². The van der Waals surface area contributed by atoms with Crippen LogP contribution in [0.3, 0.4) is 0 Å². The second-order valence-electron chi connectivity index (χ2n) is 8.94. The van der Waals surface area contributed by atoms with Gasteiger partial charge in [-0.15, -0.1) is 0 Å². The molecule has 0 spiro atoms. The Kier molecular flexibility index (Phi) is 4.73. The van der Waals surface area contributed by atoms with E-state index in [1.54, 1.807) is 40.1 Å². The zero-order valence-corrected chi connectivity index (χ0v) is 18.5. The second kappa shape index (κ2) is 6.88. The molecule has 168 valence electrons. The second-order valence-corrected chi connectivity index (χ2v) is 8.94. The van der Waals surface area contributed by atoms with E-state index in [1.165, 1.54) is 4.90 Å². The maximum Gasteiger partial charge on any atom is 0.206 e. The zero-order chi connectivity index (χ0) is 23.9. The lowest BCUT2D eigenvalue weighted by Gasteiger charge is -2.47. The van der Waals surface area contributed by atoms with E-state index < -0.39 is 52.0 Å². The van der Waals surface area contributed by atoms with Gasteiger partial charge < -0.3 is 20.4 Å². The number of rotatable bonds is 2. The van der Waals surface area contributed by atoms with Crippen molar-refractivity contribution < 1.29 is 34.8 Å². The molecule has 0 heterocycles. The molecule has 3 atom stereocenters. The fraction of sp³-hybridized carbons (Fsp3) is 0.375. The molecule has 0 bridgehead atoms. The number of hydrogen-bond donors (Lipinski definition) is 4. The van der Waals surface area contributed by atoms with Gasteiger partial charge in [-0.3, -0.25) is 19.3 Å². The first-order valence-corrected chi connectivity index (χ1v) is 10.2. The van der Waals surface area contributed by atoms with Crippen LogP contribution in [0.5, 0.6) is 11.5 Å². The fourth-order valence-electron chi connectivity index (χ4n) is 5.29. The van der Waals surface area contributed by atoms with Gasteiger partial charge in [0.15, 0.2) is 17.2 Å². The number of likely N-dealkylation sites (N-methyl/N-ethyl adjacent to an activating group) is 1. The summed E-state index contributed by atoms with van der Waals surface area (Å²) in [4.78, 5) is 40.5. The maximum absolute atomic E-state index is 13.7. The minimum absolute atomic E-state index is 0.00856. The molecule has 2 aromatic rings. The third-order valence-corrected chi connectivity index (χ3v) is 6.95. The van der Waals surface area contributed by atoms with Crippen LogP contribution in [0.15, 0.2) is 23.5 Å². The molecule has 32 heavy (non-hydrogen) atoms. The normalized spacial score (nSPS) is 25.3. The van der Waals surface area contributed by atoms with E-state index in [2.05, 4.69) is 0 Å². The molecule has 4 rings (SSSR count). The molecular formula is C24H25NO7. The number of aliphatic hydroxyl groups is 2. The van der Waals surface area contributed by atoms with E-state index in [1.807, 2.05) is 0 Å². The van der Waals surface area contributed by atoms with Gasteiger partial charge in [-0.25, -0.2) is 0 Å². The predicted octanol–water partition coefficient (Wildman–Crippen LogP) is 1.87. The van der Waals surface area contributed by atoms with Crippen LogP contribution in [0.1, 0.15) is 34.0 Å². The maximum atomic E-state index is 13.7. The number of phenols is 2. The van der Waals surface area contributed by atoms with Gasteiger partial charge in [-0.1, -0.05) is 12.1 Å². The van der Waals surface area contributed by atoms with E-state index in [9.17, 15) is 34.8 Å². The van der Waals surface area contributed by atoms with Gasteiger partial charge in [0.2, 0.25) is 5.78 Å². The van der Waals surface area contributed by atoms with E-state index >= 15 is 0 Å². The van der Waals surface area contributed by atoms with E-state index in [4.69, 9.17) is 0 Å². The molecule has 2 aliphatic rings. The molecule has 3 unspecified atom stereocenters. The fourth-order valence-corrected chi connectivity index (χ4v) is 5.29. The van der Waals surface area contributed by atoms with Crippen molar-refractivity contribution in [1.29, 1.82) is 0 Å². The molecule has 0 amide bonds. The Hall–Kier alpha value is -3.23. The lowest BCUT2D eigenvalue weighted by atomic mass is 9.61. The molecular weight excluding hydrogens is 414 g/mol. The van der Waals surface area contributed by atoms with Crippen molar-refractivity contribution in [3.05, 3.63) is 45.7 Å². The molecule has 0 aliphatic heterocycles. The molecule has 8 nitrogen and oxygen atoms in total. The summed E-state index contributed by atoms with van der Waals surface area (Å²) in [5.41, 5.74) is -1.88. The van der Waals surface area contributed by atoms with Gasteiger partial charge in [-0.05, 0) is 63.4 Å². The summed E-state index contributed by atoms with van der Waals surface area (Å²) in [6.07, 6.45) is -0.00856. The first-order valence-electron chi connectivity index (χ1n) is 10.2. The first-order chi connectivity index (χ1) is 14.8. The number of ketones is 3. The van der Waals surface area contributed by atoms with Crippen molar-refractivity contribution in [2.75, 3.05) is 14.1 Å². The Balaban J connectivity index is 2.12.